The van der Waals surface area contributed by atoms with E-state index < -0.39 is 18.2 Å². The number of hydrogen-bond donors (Lipinski definition) is 0. The highest BCUT2D eigenvalue weighted by Crippen LogP contribution is 2.57. The van der Waals surface area contributed by atoms with Crippen LogP contribution in [0.5, 0.6) is 11.5 Å². The van der Waals surface area contributed by atoms with E-state index in [2.05, 4.69) is 15.9 Å². The van der Waals surface area contributed by atoms with Crippen LogP contribution in [0.25, 0.3) is 0 Å². The summed E-state index contributed by atoms with van der Waals surface area (Å²) in [5.41, 5.74) is -2.01. The van der Waals surface area contributed by atoms with Gasteiger partial charge in [-0.2, -0.15) is 0 Å². The highest BCUT2D eigenvalue weighted by Gasteiger charge is 2.48. The summed E-state index contributed by atoms with van der Waals surface area (Å²) in [6.45, 7) is 0. The molecule has 9 heteroatoms. The number of carbonyl (C=O) groups is 2. The molecule has 3 aromatic rings. The van der Waals surface area contributed by atoms with Gasteiger partial charge in [0.15, 0.2) is 0 Å². The molecule has 0 aliphatic heterocycles. The minimum absolute atomic E-state index is 0.0217. The van der Waals surface area contributed by atoms with Gasteiger partial charge in [0.25, 0.3) is 7.14 Å². The monoisotopic (exact) mass is 540 g/mol. The van der Waals surface area contributed by atoms with Crippen molar-refractivity contribution in [3.8, 4) is 11.5 Å². The molecule has 0 amide bonds. The maximum Gasteiger partial charge on any atom is 0.256 e. The molecule has 0 heterocycles. The normalized spacial score (nSPS) is 12.7. The Bertz CT molecular complexity index is 1190. The second kappa shape index (κ2) is 9.58. The molecule has 0 saturated carbocycles. The second-order valence-electron chi connectivity index (χ2n) is 6.31. The third-order valence-electron chi connectivity index (χ3n) is 4.55. The van der Waals surface area contributed by atoms with Crippen LogP contribution in [0.15, 0.2) is 65.1 Å². The number of carbonyl (C=O) groups excluding carboxylic acids is 2. The number of halogens is 3. The first kappa shape index (κ1) is 23.6. The quantitative estimate of drug-likeness (QED) is 0.322. The van der Waals surface area contributed by atoms with Gasteiger partial charge in [-0.05, 0) is 40.2 Å². The van der Waals surface area contributed by atoms with Gasteiger partial charge in [-0.15, -0.1) is 0 Å². The van der Waals surface area contributed by atoms with Crippen LogP contribution in [-0.2, 0) is 4.57 Å². The van der Waals surface area contributed by atoms with E-state index in [9.17, 15) is 14.2 Å². The highest BCUT2D eigenvalue weighted by atomic mass is 79.9. The number of ether oxygens (including phenoxy) is 2. The molecule has 0 N–H and O–H groups in total. The molecule has 31 heavy (non-hydrogen) atoms. The molecule has 1 unspecified atom stereocenters. The molecule has 0 saturated heterocycles. The molecular formula is C22H16BrCl2O5P. The van der Waals surface area contributed by atoms with Crippen LogP contribution in [0.1, 0.15) is 20.7 Å². The summed E-state index contributed by atoms with van der Waals surface area (Å²) in [7, 11) is -1.93. The number of methoxy groups -OCH3 is 2. The van der Waals surface area contributed by atoms with Crippen LogP contribution in [-0.4, -0.2) is 25.3 Å². The zero-order valence-corrected chi connectivity index (χ0v) is 20.4. The lowest BCUT2D eigenvalue weighted by atomic mass is 10.2. The van der Waals surface area contributed by atoms with Gasteiger partial charge < -0.3 is 14.0 Å². The Kier molecular flexibility index (Phi) is 7.28. The van der Waals surface area contributed by atoms with Crippen LogP contribution in [0.4, 0.5) is 0 Å². The predicted molar refractivity (Wildman–Crippen MR) is 126 cm³/mol. The predicted octanol–water partition coefficient (Wildman–Crippen LogP) is 6.44. The standard InChI is InChI=1S/C22H16BrCl2O5P/c1-29-17-12-11-14(23)19(30-2)20(17)31(28,21(26)13-7-4-3-5-8-13)22(27)18-15(24)9-6-10-16(18)25/h3-12H,1-2H3. The maximum atomic E-state index is 14.6. The SMILES string of the molecule is COc1ccc(Br)c(OC)c1P(=O)(C(=O)c1ccccc1)C(=O)c1c(Cl)cccc1Cl. The fourth-order valence-electron chi connectivity index (χ4n) is 3.10. The molecule has 0 radical (unpaired) electrons. The fourth-order valence-corrected chi connectivity index (χ4v) is 7.08. The van der Waals surface area contributed by atoms with Crippen molar-refractivity contribution in [2.45, 2.75) is 0 Å². The van der Waals surface area contributed by atoms with E-state index in [0.717, 1.165) is 0 Å². The van der Waals surface area contributed by atoms with Crippen molar-refractivity contribution in [2.75, 3.05) is 14.2 Å². The Morgan fingerprint density at radius 1 is 0.839 bits per heavy atom. The van der Waals surface area contributed by atoms with Crippen molar-refractivity contribution >= 4 is 62.6 Å². The van der Waals surface area contributed by atoms with Crippen molar-refractivity contribution in [1.29, 1.82) is 0 Å². The summed E-state index contributed by atoms with van der Waals surface area (Å²) in [5, 5.41) is -0.209. The zero-order valence-electron chi connectivity index (χ0n) is 16.4. The molecule has 3 rings (SSSR count). The van der Waals surface area contributed by atoms with E-state index >= 15 is 0 Å². The van der Waals surface area contributed by atoms with Gasteiger partial charge in [0, 0.05) is 5.56 Å². The average molecular weight is 542 g/mol. The Hall–Kier alpha value is -2.11. The first-order valence-corrected chi connectivity index (χ1v) is 12.1. The fraction of sp³-hybridized carbons (Fsp3) is 0.0909. The van der Waals surface area contributed by atoms with Gasteiger partial charge in [-0.1, -0.05) is 59.6 Å². The molecule has 0 bridgehead atoms. The lowest BCUT2D eigenvalue weighted by Crippen LogP contribution is -2.24. The van der Waals surface area contributed by atoms with E-state index in [1.54, 1.807) is 30.3 Å². The summed E-state index contributed by atoms with van der Waals surface area (Å²) >= 11 is 15.8. The molecule has 0 spiro atoms. The van der Waals surface area contributed by atoms with E-state index in [4.69, 9.17) is 32.7 Å². The third-order valence-corrected chi connectivity index (χ3v) is 8.49. The molecule has 1 atom stereocenters. The van der Waals surface area contributed by atoms with Crippen LogP contribution >= 0.6 is 46.3 Å². The molecule has 0 fully saturated rings. The van der Waals surface area contributed by atoms with Crippen molar-refractivity contribution in [3.05, 3.63) is 86.3 Å². The molecule has 0 aliphatic rings. The maximum absolute atomic E-state index is 14.6. The Labute approximate surface area is 197 Å². The highest BCUT2D eigenvalue weighted by molar-refractivity contribution is 9.10. The van der Waals surface area contributed by atoms with Crippen LogP contribution in [0.3, 0.4) is 0 Å². The molecule has 0 aliphatic carbocycles. The van der Waals surface area contributed by atoms with Gasteiger partial charge in [-0.25, -0.2) is 0 Å². The summed E-state index contributed by atoms with van der Waals surface area (Å²) in [6, 6.07) is 15.4. The van der Waals surface area contributed by atoms with Gasteiger partial charge >= 0.3 is 0 Å². The first-order chi connectivity index (χ1) is 14.8. The molecule has 0 aromatic heterocycles. The number of rotatable bonds is 7. The van der Waals surface area contributed by atoms with Gasteiger partial charge in [0.2, 0.25) is 11.0 Å². The Morgan fingerprint density at radius 3 is 2.00 bits per heavy atom. The van der Waals surface area contributed by atoms with Crippen molar-refractivity contribution in [3.63, 3.8) is 0 Å². The van der Waals surface area contributed by atoms with Crippen LogP contribution in [0, 0.1) is 0 Å². The van der Waals surface area contributed by atoms with Crippen LogP contribution < -0.4 is 14.8 Å². The molecule has 160 valence electrons. The topological polar surface area (TPSA) is 69.7 Å². The Balaban J connectivity index is 2.43. The largest absolute Gasteiger partial charge is 0.496 e. The summed E-state index contributed by atoms with van der Waals surface area (Å²) in [4.78, 5) is 27.4. The van der Waals surface area contributed by atoms with Gasteiger partial charge in [0.05, 0.1) is 34.3 Å². The van der Waals surface area contributed by atoms with Crippen LogP contribution in [0.2, 0.25) is 10.0 Å². The van der Waals surface area contributed by atoms with Crippen molar-refractivity contribution in [2.24, 2.45) is 0 Å². The minimum atomic E-state index is -4.61. The van der Waals surface area contributed by atoms with E-state index in [-0.39, 0.29) is 38.0 Å². The van der Waals surface area contributed by atoms with Crippen molar-refractivity contribution in [1.82, 2.24) is 0 Å². The first-order valence-electron chi connectivity index (χ1n) is 8.87. The summed E-state index contributed by atoms with van der Waals surface area (Å²) in [5.74, 6) is 0.104. The third kappa shape index (κ3) is 4.18. The lowest BCUT2D eigenvalue weighted by Gasteiger charge is -2.22. The smallest absolute Gasteiger partial charge is 0.256 e. The molecule has 3 aromatic carbocycles. The number of hydrogen-bond acceptors (Lipinski definition) is 5. The average Bonchev–Trinajstić information content (AvgIpc) is 2.78. The zero-order chi connectivity index (χ0) is 22.8. The molecule has 5 nitrogen and oxygen atoms in total. The van der Waals surface area contributed by atoms with Gasteiger partial charge in [0.1, 0.15) is 16.8 Å². The summed E-state index contributed by atoms with van der Waals surface area (Å²) < 4.78 is 25.8. The van der Waals surface area contributed by atoms with E-state index in [1.807, 2.05) is 0 Å². The second-order valence-corrected chi connectivity index (χ2v) is 10.5. The minimum Gasteiger partial charge on any atom is -0.496 e. The van der Waals surface area contributed by atoms with Crippen molar-refractivity contribution < 1.29 is 23.6 Å². The van der Waals surface area contributed by atoms with E-state index in [0.29, 0.717) is 4.47 Å². The van der Waals surface area contributed by atoms with Gasteiger partial charge in [-0.3, -0.25) is 9.59 Å². The Morgan fingerprint density at radius 2 is 1.45 bits per heavy atom. The van der Waals surface area contributed by atoms with E-state index in [1.165, 1.54) is 44.6 Å². The molecular weight excluding hydrogens is 526 g/mol. The number of benzene rings is 3. The summed E-state index contributed by atoms with van der Waals surface area (Å²) in [6.07, 6.45) is 0. The lowest BCUT2D eigenvalue weighted by molar-refractivity contribution is 0.104.